The summed E-state index contributed by atoms with van der Waals surface area (Å²) < 4.78 is 6.51. The molecule has 0 radical (unpaired) electrons. The van der Waals surface area contributed by atoms with Crippen LogP contribution in [-0.4, -0.2) is 35.0 Å². The quantitative estimate of drug-likeness (QED) is 0.193. The number of ether oxygens (including phenoxy) is 1. The molecule has 0 unspecified atom stereocenters. The van der Waals surface area contributed by atoms with E-state index in [2.05, 4.69) is 33.8 Å². The van der Waals surface area contributed by atoms with Crippen molar-refractivity contribution >= 4 is 28.9 Å². The summed E-state index contributed by atoms with van der Waals surface area (Å²) in [5.74, 6) is -0.848. The molecule has 0 spiro atoms. The Morgan fingerprint density at radius 3 is 2.43 bits per heavy atom. The highest BCUT2D eigenvalue weighted by Gasteiger charge is 2.19. The summed E-state index contributed by atoms with van der Waals surface area (Å²) in [7, 11) is 1.33. The predicted octanol–water partition coefficient (Wildman–Crippen LogP) is 5.55. The number of esters is 1. The first-order valence-corrected chi connectivity index (χ1v) is 11.7. The average molecular weight is 489 g/mol. The van der Waals surface area contributed by atoms with Gasteiger partial charge in [-0.1, -0.05) is 72.8 Å². The van der Waals surface area contributed by atoms with Crippen LogP contribution in [0.25, 0.3) is 27.7 Å². The molecule has 1 N–H and O–H groups in total. The van der Waals surface area contributed by atoms with Gasteiger partial charge in [0.1, 0.15) is 0 Å². The maximum atomic E-state index is 13.0. The maximum Gasteiger partial charge on any atom is 0.337 e. The predicted molar refractivity (Wildman–Crippen MR) is 144 cm³/mol. The van der Waals surface area contributed by atoms with Crippen molar-refractivity contribution in [3.63, 3.8) is 0 Å². The lowest BCUT2D eigenvalue weighted by Gasteiger charge is -2.12. The molecule has 0 aliphatic rings. The second-order valence-electron chi connectivity index (χ2n) is 8.45. The third kappa shape index (κ3) is 4.88. The number of rotatable bonds is 6. The van der Waals surface area contributed by atoms with Gasteiger partial charge in [0.2, 0.25) is 0 Å². The first-order chi connectivity index (χ1) is 18.0. The van der Waals surface area contributed by atoms with Crippen LogP contribution in [0, 0.1) is 6.92 Å². The van der Waals surface area contributed by atoms with Crippen molar-refractivity contribution in [1.82, 2.24) is 15.2 Å². The number of nitrogens with zero attached hydrogens (tertiary/aromatic N) is 3. The first-order valence-electron chi connectivity index (χ1n) is 11.7. The number of hydrogen-bond acceptors (Lipinski definition) is 5. The van der Waals surface area contributed by atoms with Crippen molar-refractivity contribution in [2.75, 3.05) is 7.11 Å². The molecule has 7 nitrogen and oxygen atoms in total. The largest absolute Gasteiger partial charge is 0.465 e. The lowest BCUT2D eigenvalue weighted by atomic mass is 10.0. The van der Waals surface area contributed by atoms with Crippen LogP contribution in [0.2, 0.25) is 0 Å². The zero-order valence-corrected chi connectivity index (χ0v) is 20.4. The molecule has 0 saturated carbocycles. The van der Waals surface area contributed by atoms with Gasteiger partial charge in [-0.05, 0) is 53.1 Å². The normalized spacial score (nSPS) is 11.1. The van der Waals surface area contributed by atoms with Gasteiger partial charge in [0.15, 0.2) is 5.69 Å². The first kappa shape index (κ1) is 23.7. The third-order valence-corrected chi connectivity index (χ3v) is 6.06. The summed E-state index contributed by atoms with van der Waals surface area (Å²) in [6.07, 6.45) is 1.50. The van der Waals surface area contributed by atoms with Crippen molar-refractivity contribution in [2.45, 2.75) is 6.92 Å². The molecule has 182 valence electrons. The van der Waals surface area contributed by atoms with E-state index in [1.54, 1.807) is 35.0 Å². The fourth-order valence-electron chi connectivity index (χ4n) is 4.16. The number of amides is 1. The number of aryl methyl sites for hydroxylation is 1. The molecule has 0 fully saturated rings. The summed E-state index contributed by atoms with van der Waals surface area (Å²) in [5, 5.41) is 10.9. The molecule has 7 heteroatoms. The molecule has 0 aliphatic heterocycles. The molecule has 0 aliphatic carbocycles. The Labute approximate surface area is 214 Å². The number of carbonyl (C=O) groups excluding carboxylic acids is 2. The molecule has 0 bridgehead atoms. The SMILES string of the molecule is COC(=O)c1ccc(/C=N\NC(=O)c2cc(-c3cccc4ccccc34)n(-c3ccccc3C)n2)cc1. The molecule has 5 aromatic rings. The van der Waals surface area contributed by atoms with E-state index in [4.69, 9.17) is 4.74 Å². The number of benzene rings is 4. The standard InChI is InChI=1S/C30H24N4O3/c1-20-8-3-6-13-27(20)34-28(25-12-7-10-22-9-4-5-11-24(22)25)18-26(33-34)29(35)32-31-19-21-14-16-23(17-15-21)30(36)37-2/h3-19H,1-2H3,(H,32,35)/b31-19-. The van der Waals surface area contributed by atoms with Gasteiger partial charge in [-0.3, -0.25) is 4.79 Å². The minimum atomic E-state index is -0.434. The van der Waals surface area contributed by atoms with Crippen LogP contribution in [0.15, 0.2) is 102 Å². The minimum absolute atomic E-state index is 0.240. The molecule has 37 heavy (non-hydrogen) atoms. The summed E-state index contributed by atoms with van der Waals surface area (Å²) in [5.41, 5.74) is 7.65. The molecule has 4 aromatic carbocycles. The Morgan fingerprint density at radius 1 is 0.919 bits per heavy atom. The topological polar surface area (TPSA) is 85.6 Å². The number of methoxy groups -OCH3 is 1. The van der Waals surface area contributed by atoms with Crippen molar-refractivity contribution in [1.29, 1.82) is 0 Å². The Kier molecular flexibility index (Phi) is 6.59. The molecule has 0 atom stereocenters. The molecule has 1 aromatic heterocycles. The lowest BCUT2D eigenvalue weighted by Crippen LogP contribution is -2.18. The fraction of sp³-hybridized carbons (Fsp3) is 0.0667. The van der Waals surface area contributed by atoms with Crippen LogP contribution in [-0.2, 0) is 4.74 Å². The Morgan fingerprint density at radius 2 is 1.65 bits per heavy atom. The zero-order valence-electron chi connectivity index (χ0n) is 20.4. The van der Waals surface area contributed by atoms with E-state index in [1.807, 2.05) is 55.5 Å². The number of carbonyl (C=O) groups is 2. The lowest BCUT2D eigenvalue weighted by molar-refractivity contribution is 0.0600. The van der Waals surface area contributed by atoms with E-state index in [0.29, 0.717) is 5.56 Å². The number of nitrogens with one attached hydrogen (secondary N) is 1. The Balaban J connectivity index is 1.47. The van der Waals surface area contributed by atoms with E-state index in [1.165, 1.54) is 13.3 Å². The highest BCUT2D eigenvalue weighted by molar-refractivity contribution is 5.99. The molecule has 5 rings (SSSR count). The second kappa shape index (κ2) is 10.3. The van der Waals surface area contributed by atoms with E-state index >= 15 is 0 Å². The Bertz CT molecular complexity index is 1630. The summed E-state index contributed by atoms with van der Waals surface area (Å²) in [6, 6.07) is 30.6. The Hall–Kier alpha value is -5.04. The average Bonchev–Trinajstić information content (AvgIpc) is 3.38. The van der Waals surface area contributed by atoms with Crippen molar-refractivity contribution in [2.24, 2.45) is 5.10 Å². The van der Waals surface area contributed by atoms with Gasteiger partial charge < -0.3 is 4.74 Å². The van der Waals surface area contributed by atoms with E-state index in [0.717, 1.165) is 38.8 Å². The highest BCUT2D eigenvalue weighted by Crippen LogP contribution is 2.31. The number of para-hydroxylation sites is 1. The van der Waals surface area contributed by atoms with Crippen LogP contribution in [0.4, 0.5) is 0 Å². The van der Waals surface area contributed by atoms with Crippen LogP contribution >= 0.6 is 0 Å². The smallest absolute Gasteiger partial charge is 0.337 e. The molecular formula is C30H24N4O3. The maximum absolute atomic E-state index is 13.0. The molecule has 0 saturated heterocycles. The monoisotopic (exact) mass is 488 g/mol. The number of hydrazone groups is 1. The summed E-state index contributed by atoms with van der Waals surface area (Å²) in [4.78, 5) is 24.6. The molecular weight excluding hydrogens is 464 g/mol. The fourth-order valence-corrected chi connectivity index (χ4v) is 4.16. The van der Waals surface area contributed by atoms with Gasteiger partial charge in [0, 0.05) is 5.56 Å². The van der Waals surface area contributed by atoms with Crippen molar-refractivity contribution in [3.8, 4) is 16.9 Å². The number of hydrogen-bond donors (Lipinski definition) is 1. The minimum Gasteiger partial charge on any atom is -0.465 e. The van der Waals surface area contributed by atoms with Crippen molar-refractivity contribution in [3.05, 3.63) is 119 Å². The number of fused-ring (bicyclic) bond motifs is 1. The van der Waals surface area contributed by atoms with Gasteiger partial charge in [-0.2, -0.15) is 10.2 Å². The van der Waals surface area contributed by atoms with Gasteiger partial charge in [-0.25, -0.2) is 14.9 Å². The van der Waals surface area contributed by atoms with E-state index in [9.17, 15) is 9.59 Å². The third-order valence-electron chi connectivity index (χ3n) is 6.06. The van der Waals surface area contributed by atoms with Gasteiger partial charge in [-0.15, -0.1) is 0 Å². The van der Waals surface area contributed by atoms with E-state index in [-0.39, 0.29) is 5.69 Å². The van der Waals surface area contributed by atoms with Crippen LogP contribution in [0.1, 0.15) is 32.0 Å². The van der Waals surface area contributed by atoms with Gasteiger partial charge >= 0.3 is 5.97 Å². The second-order valence-corrected chi connectivity index (χ2v) is 8.45. The van der Waals surface area contributed by atoms with Crippen LogP contribution in [0.5, 0.6) is 0 Å². The van der Waals surface area contributed by atoms with Gasteiger partial charge in [0.05, 0.1) is 30.3 Å². The molecule has 1 amide bonds. The number of aromatic nitrogens is 2. The van der Waals surface area contributed by atoms with Crippen LogP contribution < -0.4 is 5.43 Å². The molecule has 1 heterocycles. The summed E-state index contributed by atoms with van der Waals surface area (Å²) >= 11 is 0. The van der Waals surface area contributed by atoms with Gasteiger partial charge in [0.25, 0.3) is 5.91 Å². The summed E-state index contributed by atoms with van der Waals surface area (Å²) in [6.45, 7) is 2.01. The highest BCUT2D eigenvalue weighted by atomic mass is 16.5. The van der Waals surface area contributed by atoms with Crippen LogP contribution in [0.3, 0.4) is 0 Å². The zero-order chi connectivity index (χ0) is 25.8. The van der Waals surface area contributed by atoms with E-state index < -0.39 is 11.9 Å². The van der Waals surface area contributed by atoms with Crippen molar-refractivity contribution < 1.29 is 14.3 Å².